The van der Waals surface area contributed by atoms with Gasteiger partial charge in [-0.05, 0) is 37.0 Å². The minimum Gasteiger partial charge on any atom is -0.497 e. The Morgan fingerprint density at radius 2 is 1.91 bits per heavy atom. The minimum absolute atomic E-state index is 0.0357. The zero-order chi connectivity index (χ0) is 16.9. The van der Waals surface area contributed by atoms with E-state index in [-0.39, 0.29) is 11.8 Å². The van der Waals surface area contributed by atoms with Gasteiger partial charge in [0.25, 0.3) is 0 Å². The third-order valence-electron chi connectivity index (χ3n) is 3.89. The smallest absolute Gasteiger partial charge is 0.223 e. The van der Waals surface area contributed by atoms with Gasteiger partial charge in [-0.2, -0.15) is 0 Å². The Hall–Kier alpha value is -1.60. The number of rotatable bonds is 9. The van der Waals surface area contributed by atoms with Crippen molar-refractivity contribution in [2.45, 2.75) is 19.3 Å². The number of nitrogens with one attached hydrogen (secondary N) is 1. The van der Waals surface area contributed by atoms with E-state index in [0.717, 1.165) is 24.2 Å². The number of methoxy groups -OCH3 is 1. The van der Waals surface area contributed by atoms with Crippen LogP contribution in [-0.4, -0.2) is 51.6 Å². The van der Waals surface area contributed by atoms with Crippen LogP contribution in [0.3, 0.4) is 0 Å². The van der Waals surface area contributed by atoms with Crippen LogP contribution < -0.4 is 10.1 Å². The number of hydrogen-bond donors (Lipinski definition) is 1. The molecule has 0 aromatic heterocycles. The van der Waals surface area contributed by atoms with E-state index < -0.39 is 10.0 Å². The first kappa shape index (κ1) is 17.7. The maximum Gasteiger partial charge on any atom is 0.223 e. The van der Waals surface area contributed by atoms with Crippen LogP contribution in [0.4, 0.5) is 0 Å². The zero-order valence-corrected chi connectivity index (χ0v) is 14.4. The summed E-state index contributed by atoms with van der Waals surface area (Å²) in [5.41, 5.74) is 1.04. The van der Waals surface area contributed by atoms with E-state index in [0.29, 0.717) is 26.1 Å². The Balaban J connectivity index is 1.83. The van der Waals surface area contributed by atoms with E-state index in [1.807, 2.05) is 24.3 Å². The van der Waals surface area contributed by atoms with Gasteiger partial charge in [-0.25, -0.2) is 12.7 Å². The van der Waals surface area contributed by atoms with Gasteiger partial charge < -0.3 is 10.1 Å². The van der Waals surface area contributed by atoms with E-state index in [1.165, 1.54) is 10.6 Å². The Kier molecular flexibility index (Phi) is 6.01. The number of benzene rings is 1. The third kappa shape index (κ3) is 5.84. The number of carbonyl (C=O) groups is 1. The van der Waals surface area contributed by atoms with E-state index in [2.05, 4.69) is 5.32 Å². The predicted molar refractivity (Wildman–Crippen MR) is 88.8 cm³/mol. The second-order valence-corrected chi connectivity index (χ2v) is 7.81. The van der Waals surface area contributed by atoms with Gasteiger partial charge in [0.05, 0.1) is 13.4 Å². The van der Waals surface area contributed by atoms with Gasteiger partial charge in [0.15, 0.2) is 0 Å². The summed E-state index contributed by atoms with van der Waals surface area (Å²) in [4.78, 5) is 11.6. The van der Waals surface area contributed by atoms with E-state index in [9.17, 15) is 13.2 Å². The van der Waals surface area contributed by atoms with Gasteiger partial charge in [0.2, 0.25) is 15.9 Å². The lowest BCUT2D eigenvalue weighted by Crippen LogP contribution is -2.39. The Labute approximate surface area is 137 Å². The second kappa shape index (κ2) is 7.79. The SMILES string of the molecule is COc1ccc(CCN(CCNC(=O)C2CC2)S(C)(=O)=O)cc1. The Morgan fingerprint density at radius 1 is 1.26 bits per heavy atom. The van der Waals surface area contributed by atoms with Crippen molar-refractivity contribution in [3.8, 4) is 5.75 Å². The molecule has 1 aliphatic carbocycles. The van der Waals surface area contributed by atoms with E-state index in [4.69, 9.17) is 4.74 Å². The molecule has 1 aromatic carbocycles. The molecule has 1 aliphatic rings. The molecular weight excluding hydrogens is 316 g/mol. The number of carbonyl (C=O) groups excluding carboxylic acids is 1. The van der Waals surface area contributed by atoms with Crippen LogP contribution in [-0.2, 0) is 21.2 Å². The van der Waals surface area contributed by atoms with Gasteiger partial charge in [-0.1, -0.05) is 12.1 Å². The van der Waals surface area contributed by atoms with E-state index >= 15 is 0 Å². The molecule has 0 spiro atoms. The highest BCUT2D eigenvalue weighted by Crippen LogP contribution is 2.28. The Morgan fingerprint density at radius 3 is 2.43 bits per heavy atom. The summed E-state index contributed by atoms with van der Waals surface area (Å²) >= 11 is 0. The first-order valence-electron chi connectivity index (χ1n) is 7.76. The van der Waals surface area contributed by atoms with Crippen molar-refractivity contribution in [2.75, 3.05) is 33.0 Å². The Bertz CT molecular complexity index is 624. The second-order valence-electron chi connectivity index (χ2n) is 5.83. The van der Waals surface area contributed by atoms with Crippen molar-refractivity contribution >= 4 is 15.9 Å². The van der Waals surface area contributed by atoms with Gasteiger partial charge in [0, 0.05) is 25.6 Å². The molecule has 128 valence electrons. The lowest BCUT2D eigenvalue weighted by atomic mass is 10.1. The molecule has 0 bridgehead atoms. The molecule has 0 atom stereocenters. The van der Waals surface area contributed by atoms with Crippen LogP contribution in [0.5, 0.6) is 5.75 Å². The number of ether oxygens (including phenoxy) is 1. The number of amides is 1. The van der Waals surface area contributed by atoms with Crippen molar-refractivity contribution in [3.63, 3.8) is 0 Å². The molecule has 1 saturated carbocycles. The largest absolute Gasteiger partial charge is 0.497 e. The summed E-state index contributed by atoms with van der Waals surface area (Å²) in [5.74, 6) is 0.950. The molecular formula is C16H24N2O4S. The molecule has 23 heavy (non-hydrogen) atoms. The highest BCUT2D eigenvalue weighted by Gasteiger charge is 2.29. The first-order chi connectivity index (χ1) is 10.9. The standard InChI is InChI=1S/C16H24N2O4S/c1-22-15-7-3-13(4-8-15)9-11-18(23(2,20)21)12-10-17-16(19)14-5-6-14/h3-4,7-8,14H,5-6,9-12H2,1-2H3,(H,17,19). The van der Waals surface area contributed by atoms with Gasteiger partial charge >= 0.3 is 0 Å². The fraction of sp³-hybridized carbons (Fsp3) is 0.562. The average Bonchev–Trinajstić information content (AvgIpc) is 3.34. The van der Waals surface area contributed by atoms with Gasteiger partial charge in [0.1, 0.15) is 5.75 Å². The van der Waals surface area contributed by atoms with Crippen molar-refractivity contribution in [1.29, 1.82) is 0 Å². The number of nitrogens with zero attached hydrogens (tertiary/aromatic N) is 1. The fourth-order valence-electron chi connectivity index (χ4n) is 2.28. The van der Waals surface area contributed by atoms with Crippen LogP contribution in [0, 0.1) is 5.92 Å². The summed E-state index contributed by atoms with van der Waals surface area (Å²) in [7, 11) is -1.69. The van der Waals surface area contributed by atoms with Gasteiger partial charge in [-0.15, -0.1) is 0 Å². The molecule has 1 fully saturated rings. The highest BCUT2D eigenvalue weighted by molar-refractivity contribution is 7.88. The highest BCUT2D eigenvalue weighted by atomic mass is 32.2. The summed E-state index contributed by atoms with van der Waals surface area (Å²) in [6, 6.07) is 7.56. The zero-order valence-electron chi connectivity index (χ0n) is 13.6. The molecule has 1 N–H and O–H groups in total. The normalized spacial score (nSPS) is 14.7. The molecule has 1 aromatic rings. The lowest BCUT2D eigenvalue weighted by Gasteiger charge is -2.20. The van der Waals surface area contributed by atoms with Crippen molar-refractivity contribution in [2.24, 2.45) is 5.92 Å². The number of sulfonamides is 1. The average molecular weight is 340 g/mol. The maximum atomic E-state index is 11.9. The summed E-state index contributed by atoms with van der Waals surface area (Å²) < 4.78 is 30.2. The molecule has 2 rings (SSSR count). The van der Waals surface area contributed by atoms with Crippen LogP contribution >= 0.6 is 0 Å². The molecule has 6 nitrogen and oxygen atoms in total. The molecule has 0 saturated heterocycles. The third-order valence-corrected chi connectivity index (χ3v) is 5.19. The lowest BCUT2D eigenvalue weighted by molar-refractivity contribution is -0.122. The van der Waals surface area contributed by atoms with Crippen LogP contribution in [0.1, 0.15) is 18.4 Å². The molecule has 7 heteroatoms. The fourth-order valence-corrected chi connectivity index (χ4v) is 3.13. The number of hydrogen-bond acceptors (Lipinski definition) is 4. The first-order valence-corrected chi connectivity index (χ1v) is 9.61. The molecule has 0 unspecified atom stereocenters. The molecule has 1 amide bonds. The van der Waals surface area contributed by atoms with Crippen LogP contribution in [0.15, 0.2) is 24.3 Å². The summed E-state index contributed by atoms with van der Waals surface area (Å²) in [6.07, 6.45) is 3.70. The molecule has 0 aliphatic heterocycles. The quantitative estimate of drug-likeness (QED) is 0.728. The van der Waals surface area contributed by atoms with Crippen molar-refractivity contribution in [1.82, 2.24) is 9.62 Å². The van der Waals surface area contributed by atoms with Crippen LogP contribution in [0.2, 0.25) is 0 Å². The topological polar surface area (TPSA) is 75.7 Å². The molecule has 0 radical (unpaired) electrons. The maximum absolute atomic E-state index is 11.9. The van der Waals surface area contributed by atoms with Crippen molar-refractivity contribution in [3.05, 3.63) is 29.8 Å². The van der Waals surface area contributed by atoms with E-state index in [1.54, 1.807) is 7.11 Å². The van der Waals surface area contributed by atoms with Crippen LogP contribution in [0.25, 0.3) is 0 Å². The summed E-state index contributed by atoms with van der Waals surface area (Å²) in [6.45, 7) is 1.04. The predicted octanol–water partition coefficient (Wildman–Crippen LogP) is 1.03. The minimum atomic E-state index is -3.29. The van der Waals surface area contributed by atoms with Crippen molar-refractivity contribution < 1.29 is 17.9 Å². The molecule has 0 heterocycles. The van der Waals surface area contributed by atoms with Gasteiger partial charge in [-0.3, -0.25) is 4.79 Å². The monoisotopic (exact) mass is 340 g/mol. The summed E-state index contributed by atoms with van der Waals surface area (Å²) in [5, 5.41) is 2.80.